The number of benzene rings is 1. The Balaban J connectivity index is 1.21. The number of hydrogen-bond donors (Lipinski definition) is 1. The summed E-state index contributed by atoms with van der Waals surface area (Å²) in [6.07, 6.45) is 1.52. The largest absolute Gasteiger partial charge is 0.435 e. The van der Waals surface area contributed by atoms with Crippen LogP contribution in [0.4, 0.5) is 4.39 Å². The maximum Gasteiger partial charge on any atom is 0.308 e. The fraction of sp³-hybridized carbons (Fsp3) is 0.667. The van der Waals surface area contributed by atoms with Crippen molar-refractivity contribution < 1.29 is 38.0 Å². The molecule has 9 nitrogen and oxygen atoms in total. The van der Waals surface area contributed by atoms with E-state index in [2.05, 4.69) is 12.2 Å². The van der Waals surface area contributed by atoms with E-state index in [-0.39, 0.29) is 30.6 Å². The summed E-state index contributed by atoms with van der Waals surface area (Å²) < 4.78 is 31.7. The summed E-state index contributed by atoms with van der Waals surface area (Å²) in [7, 11) is 0. The Hall–Kier alpha value is -2.58. The van der Waals surface area contributed by atoms with Crippen molar-refractivity contribution in [2.75, 3.05) is 0 Å². The van der Waals surface area contributed by atoms with E-state index in [1.807, 2.05) is 19.9 Å². The first-order valence-corrected chi connectivity index (χ1v) is 13.0. The minimum atomic E-state index is -1.02. The van der Waals surface area contributed by atoms with Crippen LogP contribution in [0.1, 0.15) is 70.9 Å². The van der Waals surface area contributed by atoms with Gasteiger partial charge in [-0.2, -0.15) is 5.26 Å². The highest BCUT2D eigenvalue weighted by Crippen LogP contribution is 2.60. The van der Waals surface area contributed by atoms with Crippen molar-refractivity contribution in [1.29, 1.82) is 5.26 Å². The molecule has 2 bridgehead atoms. The molecule has 4 saturated heterocycles. The summed E-state index contributed by atoms with van der Waals surface area (Å²) in [4.78, 5) is 37.0. The molecule has 9 atom stereocenters. The standard InChI is InChI=1S/C27H33FN2O7/c1-15-7-8-20-16(2)24(34-25-27(20)19(15)11-12-26(3,35-25)36-37-27)33-23(32)10-9-22(31)30-21(14-29)17-5-4-6-18(28)13-17/h4-6,13,15-16,19-21,24-25H,7-12H2,1-3H3,(H,30,31)/t15-,16-,19?,20?,21?,24-,25-,26+,27-/m1/s1. The maximum atomic E-state index is 13.5. The number of carbonyl (C=O) groups excluding carboxylic acids is 2. The summed E-state index contributed by atoms with van der Waals surface area (Å²) in [5.74, 6) is -2.08. The minimum absolute atomic E-state index is 0.0128. The highest BCUT2D eigenvalue weighted by molar-refractivity contribution is 5.81. The average Bonchev–Trinajstić information content (AvgIpc) is 3.10. The Morgan fingerprint density at radius 3 is 2.78 bits per heavy atom. The van der Waals surface area contributed by atoms with Crippen LogP contribution in [-0.4, -0.2) is 35.8 Å². The van der Waals surface area contributed by atoms with Crippen molar-refractivity contribution in [1.82, 2.24) is 5.32 Å². The van der Waals surface area contributed by atoms with Crippen LogP contribution in [0, 0.1) is 40.8 Å². The summed E-state index contributed by atoms with van der Waals surface area (Å²) >= 11 is 0. The van der Waals surface area contributed by atoms with Crippen molar-refractivity contribution in [2.24, 2.45) is 23.7 Å². The van der Waals surface area contributed by atoms with Crippen LogP contribution in [0.5, 0.6) is 0 Å². The second-order valence-electron chi connectivity index (χ2n) is 10.9. The van der Waals surface area contributed by atoms with E-state index in [1.165, 1.54) is 18.2 Å². The molecule has 1 aromatic rings. The molecule has 1 N–H and O–H groups in total. The average molecular weight is 517 g/mol. The maximum absolute atomic E-state index is 13.5. The van der Waals surface area contributed by atoms with Crippen LogP contribution in [-0.2, 0) is 33.6 Å². The molecule has 4 heterocycles. The number of rotatable bonds is 6. The zero-order valence-corrected chi connectivity index (χ0v) is 21.3. The van der Waals surface area contributed by atoms with Crippen LogP contribution < -0.4 is 5.32 Å². The van der Waals surface area contributed by atoms with E-state index in [0.29, 0.717) is 17.9 Å². The van der Waals surface area contributed by atoms with Crippen molar-refractivity contribution >= 4 is 11.9 Å². The summed E-state index contributed by atoms with van der Waals surface area (Å²) in [5.41, 5.74) is -0.423. The van der Waals surface area contributed by atoms with Gasteiger partial charge in [0, 0.05) is 24.7 Å². The number of carbonyl (C=O) groups is 2. The van der Waals surface area contributed by atoms with Gasteiger partial charge in [-0.15, -0.1) is 0 Å². The molecule has 200 valence electrons. The van der Waals surface area contributed by atoms with Gasteiger partial charge in [0.15, 0.2) is 11.9 Å². The highest BCUT2D eigenvalue weighted by Gasteiger charge is 2.69. The molecule has 6 rings (SSSR count). The molecule has 0 radical (unpaired) electrons. The smallest absolute Gasteiger partial charge is 0.308 e. The lowest BCUT2D eigenvalue weighted by Gasteiger charge is -2.59. The second kappa shape index (κ2) is 9.95. The van der Waals surface area contributed by atoms with Gasteiger partial charge in [-0.05, 0) is 55.7 Å². The molecule has 4 aliphatic heterocycles. The van der Waals surface area contributed by atoms with Gasteiger partial charge in [0.05, 0.1) is 12.5 Å². The SMILES string of the molecule is C[C@@H]1CCC2[C@@H](C)[C@H](OC(=O)CCC(=O)NC(C#N)c3cccc(F)c3)O[C@@H]3O[C@]4(C)CCC1[C@@]23OO4. The number of esters is 1. The van der Waals surface area contributed by atoms with Crippen LogP contribution in [0.15, 0.2) is 24.3 Å². The zero-order chi connectivity index (χ0) is 26.4. The number of ether oxygens (including phenoxy) is 3. The Morgan fingerprint density at radius 2 is 2.03 bits per heavy atom. The van der Waals surface area contributed by atoms with Crippen molar-refractivity contribution in [2.45, 2.75) is 89.3 Å². The molecular weight excluding hydrogens is 483 g/mol. The lowest BCUT2D eigenvalue weighted by atomic mass is 9.58. The molecule has 1 spiro atoms. The highest BCUT2D eigenvalue weighted by atomic mass is 19.1. The first-order chi connectivity index (χ1) is 17.6. The van der Waals surface area contributed by atoms with Gasteiger partial charge >= 0.3 is 5.97 Å². The molecule has 1 aliphatic carbocycles. The van der Waals surface area contributed by atoms with Gasteiger partial charge in [-0.25, -0.2) is 14.2 Å². The van der Waals surface area contributed by atoms with E-state index >= 15 is 0 Å². The third kappa shape index (κ3) is 4.74. The molecule has 0 aromatic heterocycles. The fourth-order valence-electron chi connectivity index (χ4n) is 6.52. The summed E-state index contributed by atoms with van der Waals surface area (Å²) in [6.45, 7) is 6.03. The van der Waals surface area contributed by atoms with Crippen molar-refractivity contribution in [3.8, 4) is 6.07 Å². The van der Waals surface area contributed by atoms with Gasteiger partial charge in [-0.1, -0.05) is 26.0 Å². The summed E-state index contributed by atoms with van der Waals surface area (Å²) in [5, 5.41) is 11.9. The first-order valence-electron chi connectivity index (χ1n) is 13.0. The Morgan fingerprint density at radius 1 is 1.22 bits per heavy atom. The minimum Gasteiger partial charge on any atom is -0.435 e. The number of nitrogens with one attached hydrogen (secondary N) is 1. The third-order valence-electron chi connectivity index (χ3n) is 8.52. The van der Waals surface area contributed by atoms with Crippen molar-refractivity contribution in [3.63, 3.8) is 0 Å². The van der Waals surface area contributed by atoms with Gasteiger partial charge in [0.25, 0.3) is 0 Å². The van der Waals surface area contributed by atoms with Gasteiger partial charge in [-0.3, -0.25) is 9.59 Å². The molecule has 5 fully saturated rings. The number of nitriles is 1. The molecule has 1 saturated carbocycles. The number of halogens is 1. The normalized spacial score (nSPS) is 39.0. The fourth-order valence-corrected chi connectivity index (χ4v) is 6.52. The third-order valence-corrected chi connectivity index (χ3v) is 8.52. The zero-order valence-electron chi connectivity index (χ0n) is 21.3. The van der Waals surface area contributed by atoms with E-state index in [1.54, 1.807) is 6.07 Å². The molecule has 1 amide bonds. The van der Waals surface area contributed by atoms with E-state index in [9.17, 15) is 19.2 Å². The molecule has 37 heavy (non-hydrogen) atoms. The Kier molecular flexibility index (Phi) is 7.00. The van der Waals surface area contributed by atoms with E-state index < -0.39 is 47.7 Å². The second-order valence-corrected chi connectivity index (χ2v) is 10.9. The quantitative estimate of drug-likeness (QED) is 0.445. The predicted octanol–water partition coefficient (Wildman–Crippen LogP) is 4.04. The van der Waals surface area contributed by atoms with Crippen LogP contribution in [0.3, 0.4) is 0 Å². The molecule has 3 unspecified atom stereocenters. The van der Waals surface area contributed by atoms with Gasteiger partial charge in [0.1, 0.15) is 11.9 Å². The van der Waals surface area contributed by atoms with Crippen LogP contribution in [0.2, 0.25) is 0 Å². The van der Waals surface area contributed by atoms with E-state index in [0.717, 1.165) is 19.3 Å². The van der Waals surface area contributed by atoms with Gasteiger partial charge in [0.2, 0.25) is 18.0 Å². The topological polar surface area (TPSA) is 116 Å². The van der Waals surface area contributed by atoms with Crippen LogP contribution in [0.25, 0.3) is 0 Å². The number of fused-ring (bicyclic) bond motifs is 2. The van der Waals surface area contributed by atoms with Gasteiger partial charge < -0.3 is 19.5 Å². The lowest BCUT2D eigenvalue weighted by Crippen LogP contribution is -2.70. The Labute approximate surface area is 215 Å². The lowest BCUT2D eigenvalue weighted by molar-refractivity contribution is -0.576. The summed E-state index contributed by atoms with van der Waals surface area (Å²) in [6, 6.07) is 6.37. The molecule has 1 aromatic carbocycles. The van der Waals surface area contributed by atoms with Crippen molar-refractivity contribution in [3.05, 3.63) is 35.6 Å². The Bertz CT molecular complexity index is 1090. The number of amides is 1. The van der Waals surface area contributed by atoms with E-state index in [4.69, 9.17) is 24.0 Å². The molecule has 5 aliphatic rings. The number of hydrogen-bond acceptors (Lipinski definition) is 8. The molecular formula is C27H33FN2O7. The first kappa shape index (κ1) is 26.0. The number of nitrogens with zero attached hydrogens (tertiary/aromatic N) is 1. The monoisotopic (exact) mass is 516 g/mol. The molecule has 10 heteroatoms. The predicted molar refractivity (Wildman–Crippen MR) is 125 cm³/mol. The van der Waals surface area contributed by atoms with Crippen LogP contribution >= 0.6 is 0 Å².